The highest BCUT2D eigenvalue weighted by molar-refractivity contribution is 7.80. The third kappa shape index (κ3) is 2.87. The van der Waals surface area contributed by atoms with Gasteiger partial charge in [0, 0.05) is 6.54 Å². The lowest BCUT2D eigenvalue weighted by atomic mass is 10.0. The molecule has 1 aromatic rings. The number of amides is 1. The number of carbonyl (C=O) groups is 1. The van der Waals surface area contributed by atoms with Crippen molar-refractivity contribution >= 4 is 34.7 Å². The Morgan fingerprint density at radius 1 is 1.47 bits per heavy atom. The summed E-state index contributed by atoms with van der Waals surface area (Å²) in [4.78, 5) is 14.2. The van der Waals surface area contributed by atoms with Gasteiger partial charge >= 0.3 is 0 Å². The number of nitrogens with two attached hydrogens (primary N) is 1. The van der Waals surface area contributed by atoms with Crippen molar-refractivity contribution in [1.82, 2.24) is 4.90 Å². The third-order valence-corrected chi connectivity index (χ3v) is 3.84. The molecule has 6 heteroatoms. The summed E-state index contributed by atoms with van der Waals surface area (Å²) in [6.45, 7) is 0.535. The van der Waals surface area contributed by atoms with Crippen molar-refractivity contribution < 1.29 is 9.18 Å². The number of hydrogen-bond donors (Lipinski definition) is 1. The van der Waals surface area contributed by atoms with Gasteiger partial charge < -0.3 is 10.6 Å². The second kappa shape index (κ2) is 5.84. The monoisotopic (exact) mass is 300 g/mol. The first kappa shape index (κ1) is 14.2. The molecule has 3 nitrogen and oxygen atoms in total. The number of piperidine rings is 1. The Hall–Kier alpha value is -1.20. The molecule has 0 aliphatic carbocycles. The van der Waals surface area contributed by atoms with Crippen molar-refractivity contribution in [3.8, 4) is 0 Å². The fourth-order valence-corrected chi connectivity index (χ4v) is 2.71. The topological polar surface area (TPSA) is 46.3 Å². The maximum atomic E-state index is 13.9. The summed E-state index contributed by atoms with van der Waals surface area (Å²) >= 11 is 10.7. The maximum Gasteiger partial charge on any atom is 0.257 e. The van der Waals surface area contributed by atoms with Crippen LogP contribution in [0.15, 0.2) is 18.2 Å². The highest BCUT2D eigenvalue weighted by Crippen LogP contribution is 2.24. The van der Waals surface area contributed by atoms with Crippen LogP contribution in [0.3, 0.4) is 0 Å². The number of benzene rings is 1. The average molecular weight is 301 g/mol. The van der Waals surface area contributed by atoms with Crippen LogP contribution in [0.4, 0.5) is 4.39 Å². The number of nitrogens with zero attached hydrogens (tertiary/aromatic N) is 1. The second-order valence-corrected chi connectivity index (χ2v) is 5.39. The lowest BCUT2D eigenvalue weighted by molar-refractivity contribution is 0.0676. The summed E-state index contributed by atoms with van der Waals surface area (Å²) in [6.07, 6.45) is 2.56. The zero-order valence-corrected chi connectivity index (χ0v) is 11.8. The molecule has 1 aromatic carbocycles. The molecular weight excluding hydrogens is 287 g/mol. The van der Waals surface area contributed by atoms with Crippen molar-refractivity contribution in [2.75, 3.05) is 6.54 Å². The van der Waals surface area contributed by atoms with E-state index in [1.165, 1.54) is 12.1 Å². The van der Waals surface area contributed by atoms with Gasteiger partial charge in [-0.15, -0.1) is 0 Å². The van der Waals surface area contributed by atoms with Gasteiger partial charge in [-0.25, -0.2) is 4.39 Å². The Morgan fingerprint density at radius 2 is 2.21 bits per heavy atom. The Kier molecular flexibility index (Phi) is 4.37. The third-order valence-electron chi connectivity index (χ3n) is 3.27. The van der Waals surface area contributed by atoms with Gasteiger partial charge in [0.05, 0.1) is 21.6 Å². The van der Waals surface area contributed by atoms with Crippen LogP contribution in [0.25, 0.3) is 0 Å². The standard InChI is InChI=1S/C13H14ClFN2OS/c14-9-5-3-4-8(11(9)15)13(18)17-7-2-1-6-10(17)12(16)19/h3-5,10H,1-2,6-7H2,(H2,16,19). The molecule has 19 heavy (non-hydrogen) atoms. The summed E-state index contributed by atoms with van der Waals surface area (Å²) < 4.78 is 13.9. The summed E-state index contributed by atoms with van der Waals surface area (Å²) in [5, 5.41) is -0.0604. The molecule has 102 valence electrons. The van der Waals surface area contributed by atoms with Crippen LogP contribution in [0, 0.1) is 5.82 Å². The van der Waals surface area contributed by atoms with E-state index in [2.05, 4.69) is 0 Å². The molecule has 0 radical (unpaired) electrons. The number of carbonyl (C=O) groups excluding carboxylic acids is 1. The van der Waals surface area contributed by atoms with Gasteiger partial charge in [-0.3, -0.25) is 4.79 Å². The van der Waals surface area contributed by atoms with Crippen molar-refractivity contribution in [2.45, 2.75) is 25.3 Å². The van der Waals surface area contributed by atoms with Crippen molar-refractivity contribution in [1.29, 1.82) is 0 Å². The van der Waals surface area contributed by atoms with Crippen LogP contribution in [-0.4, -0.2) is 28.4 Å². The Morgan fingerprint density at radius 3 is 2.89 bits per heavy atom. The molecule has 2 rings (SSSR count). The zero-order valence-electron chi connectivity index (χ0n) is 10.2. The van der Waals surface area contributed by atoms with Gasteiger partial charge in [0.2, 0.25) is 0 Å². The SMILES string of the molecule is NC(=S)C1CCCCN1C(=O)c1cccc(Cl)c1F. The van der Waals surface area contributed by atoms with E-state index in [1.807, 2.05) is 0 Å². The van der Waals surface area contributed by atoms with Gasteiger partial charge in [-0.1, -0.05) is 29.9 Å². The van der Waals surface area contributed by atoms with E-state index in [0.29, 0.717) is 6.54 Å². The van der Waals surface area contributed by atoms with Crippen LogP contribution < -0.4 is 5.73 Å². The molecule has 2 N–H and O–H groups in total. The Bertz CT molecular complexity index is 523. The van der Waals surface area contributed by atoms with E-state index in [0.717, 1.165) is 19.3 Å². The molecule has 1 atom stereocenters. The van der Waals surface area contributed by atoms with E-state index in [9.17, 15) is 9.18 Å². The quantitative estimate of drug-likeness (QED) is 0.854. The molecule has 0 spiro atoms. The molecular formula is C13H14ClFN2OS. The molecule has 1 heterocycles. The molecule has 0 bridgehead atoms. The van der Waals surface area contributed by atoms with Crippen LogP contribution in [0.1, 0.15) is 29.6 Å². The predicted octanol–water partition coefficient (Wildman–Crippen LogP) is 2.76. The van der Waals surface area contributed by atoms with E-state index in [4.69, 9.17) is 29.6 Å². The van der Waals surface area contributed by atoms with Crippen LogP contribution in [0.5, 0.6) is 0 Å². The smallest absolute Gasteiger partial charge is 0.257 e. The normalized spacial score (nSPS) is 19.3. The van der Waals surface area contributed by atoms with E-state index >= 15 is 0 Å². The van der Waals surface area contributed by atoms with Crippen molar-refractivity contribution in [3.05, 3.63) is 34.6 Å². The van der Waals surface area contributed by atoms with Gasteiger partial charge in [0.25, 0.3) is 5.91 Å². The molecule has 1 unspecified atom stereocenters. The highest BCUT2D eigenvalue weighted by Gasteiger charge is 2.30. The summed E-state index contributed by atoms with van der Waals surface area (Å²) in [6, 6.07) is 4.09. The van der Waals surface area contributed by atoms with Gasteiger partial charge in [-0.05, 0) is 31.4 Å². The fourth-order valence-electron chi connectivity index (χ4n) is 2.29. The van der Waals surface area contributed by atoms with E-state index < -0.39 is 11.7 Å². The van der Waals surface area contributed by atoms with E-state index in [1.54, 1.807) is 11.0 Å². The van der Waals surface area contributed by atoms with Gasteiger partial charge in [0.15, 0.2) is 5.82 Å². The molecule has 0 saturated carbocycles. The van der Waals surface area contributed by atoms with Crippen LogP contribution in [-0.2, 0) is 0 Å². The largest absolute Gasteiger partial charge is 0.392 e. The minimum absolute atomic E-state index is 0.0318. The van der Waals surface area contributed by atoms with Crippen LogP contribution in [0.2, 0.25) is 5.02 Å². The summed E-state index contributed by atoms with van der Waals surface area (Å²) in [7, 11) is 0. The first-order valence-corrected chi connectivity index (χ1v) is 6.85. The maximum absolute atomic E-state index is 13.9. The summed E-state index contributed by atoms with van der Waals surface area (Å²) in [5.74, 6) is -1.10. The molecule has 1 fully saturated rings. The first-order chi connectivity index (χ1) is 9.02. The number of hydrogen-bond acceptors (Lipinski definition) is 2. The minimum Gasteiger partial charge on any atom is -0.392 e. The van der Waals surface area contributed by atoms with E-state index in [-0.39, 0.29) is 21.6 Å². The van der Waals surface area contributed by atoms with Gasteiger partial charge in [0.1, 0.15) is 0 Å². The Balaban J connectivity index is 2.31. The predicted molar refractivity (Wildman–Crippen MR) is 76.9 cm³/mol. The number of thiocarbonyl (C=S) groups is 1. The molecule has 1 aliphatic rings. The summed E-state index contributed by atoms with van der Waals surface area (Å²) in [5.41, 5.74) is 5.63. The van der Waals surface area contributed by atoms with Crippen LogP contribution >= 0.6 is 23.8 Å². The second-order valence-electron chi connectivity index (χ2n) is 4.51. The molecule has 0 aromatic heterocycles. The molecule has 1 amide bonds. The molecule has 1 saturated heterocycles. The number of rotatable bonds is 2. The van der Waals surface area contributed by atoms with Crippen molar-refractivity contribution in [2.24, 2.45) is 5.73 Å². The van der Waals surface area contributed by atoms with Gasteiger partial charge in [-0.2, -0.15) is 0 Å². The first-order valence-electron chi connectivity index (χ1n) is 6.06. The zero-order chi connectivity index (χ0) is 14.0. The fraction of sp³-hybridized carbons (Fsp3) is 0.385. The lowest BCUT2D eigenvalue weighted by Gasteiger charge is -2.35. The lowest BCUT2D eigenvalue weighted by Crippen LogP contribution is -2.50. The Labute approximate surface area is 121 Å². The average Bonchev–Trinajstić information content (AvgIpc) is 2.41. The number of likely N-dealkylation sites (tertiary alicyclic amines) is 1. The minimum atomic E-state index is -0.693. The molecule has 1 aliphatic heterocycles. The van der Waals surface area contributed by atoms with Crippen molar-refractivity contribution in [3.63, 3.8) is 0 Å². The highest BCUT2D eigenvalue weighted by atomic mass is 35.5. The number of halogens is 2.